The predicted octanol–water partition coefficient (Wildman–Crippen LogP) is 12.0. The van der Waals surface area contributed by atoms with E-state index in [0.29, 0.717) is 23.5 Å². The summed E-state index contributed by atoms with van der Waals surface area (Å²) < 4.78 is 7.46. The maximum Gasteiger partial charge on any atom is 0.252 e. The molecule has 3 aromatic rings. The van der Waals surface area contributed by atoms with Crippen LogP contribution in [0.15, 0.2) is 66.7 Å². The van der Waals surface area contributed by atoms with E-state index in [9.17, 15) is 0 Å². The first-order valence-corrected chi connectivity index (χ1v) is 21.3. The van der Waals surface area contributed by atoms with Crippen LogP contribution in [-0.2, 0) is 11.8 Å². The molecule has 0 aromatic heterocycles. The van der Waals surface area contributed by atoms with Crippen molar-refractivity contribution in [1.29, 1.82) is 0 Å². The van der Waals surface area contributed by atoms with Gasteiger partial charge in [0.25, 0.3) is 8.32 Å². The molecule has 3 unspecified atom stereocenters. The van der Waals surface area contributed by atoms with Gasteiger partial charge in [-0.25, -0.2) is 0 Å². The highest BCUT2D eigenvalue weighted by Crippen LogP contribution is 2.49. The lowest BCUT2D eigenvalue weighted by Gasteiger charge is -2.41. The normalized spacial score (nSPS) is 19.9. The summed E-state index contributed by atoms with van der Waals surface area (Å²) in [6.07, 6.45) is 12.9. The summed E-state index contributed by atoms with van der Waals surface area (Å²) >= 11 is 0. The molecular formula is C42H61NOSi. The van der Waals surface area contributed by atoms with E-state index < -0.39 is 8.32 Å². The third-order valence-corrected chi connectivity index (χ3v) is 14.1. The van der Waals surface area contributed by atoms with Crippen LogP contribution in [0.4, 0.5) is 0 Å². The monoisotopic (exact) mass is 623 g/mol. The molecule has 0 heterocycles. The first-order valence-electron chi connectivity index (χ1n) is 18.3. The van der Waals surface area contributed by atoms with E-state index in [1.165, 1.54) is 80.0 Å². The number of hydrogen-bond acceptors (Lipinski definition) is 2. The summed E-state index contributed by atoms with van der Waals surface area (Å²) in [7, 11) is -2.22. The number of benzene rings is 3. The number of unbranched alkanes of at least 4 members (excludes halogenated alkanes) is 1. The first-order chi connectivity index (χ1) is 21.6. The van der Waals surface area contributed by atoms with Crippen molar-refractivity contribution in [2.75, 3.05) is 6.54 Å². The van der Waals surface area contributed by atoms with E-state index >= 15 is 0 Å². The maximum atomic E-state index is 7.46. The van der Waals surface area contributed by atoms with E-state index in [-0.39, 0.29) is 5.41 Å². The Morgan fingerprint density at radius 3 is 2.22 bits per heavy atom. The van der Waals surface area contributed by atoms with Gasteiger partial charge in [0.15, 0.2) is 0 Å². The van der Waals surface area contributed by atoms with Gasteiger partial charge in [-0.15, -0.1) is 0 Å². The van der Waals surface area contributed by atoms with Crippen LogP contribution in [0.25, 0.3) is 11.1 Å². The van der Waals surface area contributed by atoms with Crippen LogP contribution in [-0.4, -0.2) is 25.8 Å². The minimum atomic E-state index is -2.22. The van der Waals surface area contributed by atoms with Crippen molar-refractivity contribution in [1.82, 2.24) is 4.90 Å². The van der Waals surface area contributed by atoms with Gasteiger partial charge in [-0.05, 0) is 90.5 Å². The van der Waals surface area contributed by atoms with Gasteiger partial charge in [-0.2, -0.15) is 0 Å². The molecule has 1 fully saturated rings. The quantitative estimate of drug-likeness (QED) is 0.186. The Morgan fingerprint density at radius 1 is 0.867 bits per heavy atom. The van der Waals surface area contributed by atoms with Gasteiger partial charge in [0.1, 0.15) is 5.75 Å². The SMILES string of the molecule is CCCCC(c1ccccc1O[Si](C)(C)C1c2cccc(-c3ccc(C(C)(C)C)cc3)c2CC1CC)N(CC)C1CCCCC1. The number of nitrogens with zero attached hydrogens (tertiary/aromatic N) is 1. The van der Waals surface area contributed by atoms with Gasteiger partial charge < -0.3 is 4.43 Å². The average molecular weight is 624 g/mol. The Hall–Kier alpha value is -2.36. The molecule has 3 atom stereocenters. The predicted molar refractivity (Wildman–Crippen MR) is 197 cm³/mol. The Bertz CT molecular complexity index is 1380. The molecule has 0 bridgehead atoms. The fraction of sp³-hybridized carbons (Fsp3) is 0.571. The number of para-hydroxylation sites is 1. The fourth-order valence-corrected chi connectivity index (χ4v) is 12.1. The third kappa shape index (κ3) is 7.46. The van der Waals surface area contributed by atoms with E-state index in [4.69, 9.17) is 4.43 Å². The van der Waals surface area contributed by atoms with Crippen LogP contribution in [0.3, 0.4) is 0 Å². The lowest BCUT2D eigenvalue weighted by atomic mass is 9.85. The van der Waals surface area contributed by atoms with Crippen molar-refractivity contribution in [3.05, 3.63) is 89.0 Å². The second-order valence-corrected chi connectivity index (χ2v) is 19.6. The van der Waals surface area contributed by atoms with Crippen molar-refractivity contribution in [2.45, 2.75) is 142 Å². The summed E-state index contributed by atoms with van der Waals surface area (Å²) in [6.45, 7) is 20.1. The summed E-state index contributed by atoms with van der Waals surface area (Å²) in [6, 6.07) is 26.7. The molecule has 0 radical (unpaired) electrons. The molecule has 244 valence electrons. The number of rotatable bonds is 12. The van der Waals surface area contributed by atoms with Crippen LogP contribution < -0.4 is 4.43 Å². The van der Waals surface area contributed by atoms with Crippen molar-refractivity contribution in [3.8, 4) is 16.9 Å². The Labute approximate surface area is 277 Å². The molecule has 0 saturated heterocycles. The standard InChI is InChI=1S/C42H61NOSi/c1-9-12-24-39(43(11-3)34-19-14-13-15-20-34)37-21-16-17-25-40(37)44-45(7,8)41-31(10-2)30-38-35(22-18-23-36(38)41)32-26-28-33(29-27-32)42(4,5)6/h16-18,21-23,25-29,31,34,39,41H,9-15,19-20,24,30H2,1-8H3. The lowest BCUT2D eigenvalue weighted by Crippen LogP contribution is -2.45. The van der Waals surface area contributed by atoms with Gasteiger partial charge >= 0.3 is 0 Å². The Balaban J connectivity index is 1.48. The molecule has 0 aliphatic heterocycles. The molecule has 1 saturated carbocycles. The van der Waals surface area contributed by atoms with E-state index in [2.05, 4.69) is 126 Å². The van der Waals surface area contributed by atoms with E-state index in [0.717, 1.165) is 18.7 Å². The zero-order chi connectivity index (χ0) is 32.2. The molecule has 3 heteroatoms. The van der Waals surface area contributed by atoms with Crippen molar-refractivity contribution in [2.24, 2.45) is 5.92 Å². The minimum Gasteiger partial charge on any atom is -0.543 e. The van der Waals surface area contributed by atoms with Gasteiger partial charge in [0.2, 0.25) is 0 Å². The third-order valence-electron chi connectivity index (χ3n) is 11.1. The second-order valence-electron chi connectivity index (χ2n) is 15.6. The Kier molecular flexibility index (Phi) is 11.0. The van der Waals surface area contributed by atoms with Gasteiger partial charge in [-0.3, -0.25) is 4.90 Å². The second kappa shape index (κ2) is 14.6. The molecule has 2 aliphatic rings. The molecule has 0 N–H and O–H groups in total. The molecule has 2 nitrogen and oxygen atoms in total. The van der Waals surface area contributed by atoms with Crippen LogP contribution in [0, 0.1) is 5.92 Å². The molecule has 3 aromatic carbocycles. The summed E-state index contributed by atoms with van der Waals surface area (Å²) in [5, 5.41) is 0. The van der Waals surface area contributed by atoms with E-state index in [1.54, 1.807) is 11.1 Å². The highest BCUT2D eigenvalue weighted by Gasteiger charge is 2.47. The lowest BCUT2D eigenvalue weighted by molar-refractivity contribution is 0.102. The van der Waals surface area contributed by atoms with Crippen LogP contribution in [0.2, 0.25) is 13.1 Å². The number of hydrogen-bond donors (Lipinski definition) is 0. The van der Waals surface area contributed by atoms with E-state index in [1.807, 2.05) is 0 Å². The fourth-order valence-electron chi connectivity index (χ4n) is 8.74. The van der Waals surface area contributed by atoms with Crippen molar-refractivity contribution >= 4 is 8.32 Å². The molecule has 45 heavy (non-hydrogen) atoms. The van der Waals surface area contributed by atoms with Crippen LogP contribution in [0.5, 0.6) is 5.75 Å². The summed E-state index contributed by atoms with van der Waals surface area (Å²) in [5.41, 5.74) is 9.35. The topological polar surface area (TPSA) is 12.5 Å². The largest absolute Gasteiger partial charge is 0.543 e. The van der Waals surface area contributed by atoms with Crippen molar-refractivity contribution < 1.29 is 4.43 Å². The number of fused-ring (bicyclic) bond motifs is 1. The van der Waals surface area contributed by atoms with Crippen molar-refractivity contribution in [3.63, 3.8) is 0 Å². The summed E-state index contributed by atoms with van der Waals surface area (Å²) in [5.74, 6) is 1.77. The maximum absolute atomic E-state index is 7.46. The zero-order valence-electron chi connectivity index (χ0n) is 29.8. The van der Waals surface area contributed by atoms with Gasteiger partial charge in [0, 0.05) is 23.2 Å². The summed E-state index contributed by atoms with van der Waals surface area (Å²) in [4.78, 5) is 2.85. The molecule has 5 rings (SSSR count). The highest BCUT2D eigenvalue weighted by molar-refractivity contribution is 6.73. The zero-order valence-corrected chi connectivity index (χ0v) is 30.8. The van der Waals surface area contributed by atoms with Crippen LogP contribution >= 0.6 is 0 Å². The van der Waals surface area contributed by atoms with Gasteiger partial charge in [-0.1, -0.05) is 141 Å². The molecule has 2 aliphatic carbocycles. The van der Waals surface area contributed by atoms with Gasteiger partial charge in [0.05, 0.1) is 0 Å². The highest BCUT2D eigenvalue weighted by atomic mass is 28.4. The average Bonchev–Trinajstić information content (AvgIpc) is 3.44. The molecule has 0 spiro atoms. The first kappa shape index (κ1) is 34.0. The smallest absolute Gasteiger partial charge is 0.252 e. The molecular weight excluding hydrogens is 563 g/mol. The van der Waals surface area contributed by atoms with Crippen LogP contribution in [0.1, 0.15) is 133 Å². The Morgan fingerprint density at radius 2 is 1.58 bits per heavy atom. The molecule has 0 amide bonds. The minimum absolute atomic E-state index is 0.166.